The smallest absolute Gasteiger partial charge is 0.0336 e. The van der Waals surface area contributed by atoms with E-state index in [0.717, 1.165) is 12.8 Å². The molecule has 1 radical (unpaired) electrons. The van der Waals surface area contributed by atoms with Crippen LogP contribution in [0.4, 0.5) is 0 Å². The molecule has 0 saturated heterocycles. The van der Waals surface area contributed by atoms with Crippen molar-refractivity contribution in [2.24, 2.45) is 0 Å². The summed E-state index contributed by atoms with van der Waals surface area (Å²) in [7, 11) is 0. The van der Waals surface area contributed by atoms with Crippen molar-refractivity contribution in [1.29, 1.82) is 0 Å². The first-order valence-corrected chi connectivity index (χ1v) is 5.18. The Morgan fingerprint density at radius 1 is 1.18 bits per heavy atom. The second-order valence-corrected chi connectivity index (χ2v) is 3.71. The number of halogens is 1. The van der Waals surface area contributed by atoms with Crippen LogP contribution in [0.15, 0.2) is 0 Å². The lowest BCUT2D eigenvalue weighted by Gasteiger charge is -2.04. The molecule has 0 aromatic carbocycles. The van der Waals surface area contributed by atoms with Gasteiger partial charge in [-0.2, -0.15) is 0 Å². The minimum atomic E-state index is 0.316. The van der Waals surface area contributed by atoms with E-state index >= 15 is 0 Å². The van der Waals surface area contributed by atoms with E-state index in [4.69, 9.17) is 11.6 Å². The van der Waals surface area contributed by atoms with Crippen LogP contribution in [-0.2, 0) is 0 Å². The molecule has 0 bridgehead atoms. The monoisotopic (exact) mass is 175 g/mol. The quantitative estimate of drug-likeness (QED) is 0.402. The molecule has 1 atom stereocenters. The average molecular weight is 176 g/mol. The summed E-state index contributed by atoms with van der Waals surface area (Å²) in [5.41, 5.74) is 0. The molecule has 0 saturated carbocycles. The molecule has 0 aliphatic heterocycles. The zero-order valence-electron chi connectivity index (χ0n) is 7.61. The third-order valence-electron chi connectivity index (χ3n) is 1.93. The van der Waals surface area contributed by atoms with E-state index in [1.807, 2.05) is 0 Å². The van der Waals surface area contributed by atoms with Crippen LogP contribution in [0.2, 0.25) is 0 Å². The van der Waals surface area contributed by atoms with Crippen molar-refractivity contribution in [3.8, 4) is 0 Å². The minimum Gasteiger partial charge on any atom is -0.123 e. The lowest BCUT2D eigenvalue weighted by Crippen LogP contribution is -1.95. The summed E-state index contributed by atoms with van der Waals surface area (Å²) in [6.07, 6.45) is 8.71. The van der Waals surface area contributed by atoms with Gasteiger partial charge in [0.25, 0.3) is 0 Å². The maximum absolute atomic E-state index is 5.92. The maximum atomic E-state index is 5.92. The first-order valence-electron chi connectivity index (χ1n) is 4.74. The standard InChI is InChI=1S/C10H20Cl/c1-3-5-6-7-8-9-10(11)4-2/h10H,2-9H2,1H3. The van der Waals surface area contributed by atoms with Crippen molar-refractivity contribution in [2.75, 3.05) is 0 Å². The Labute approximate surface area is 76.3 Å². The summed E-state index contributed by atoms with van der Waals surface area (Å²) < 4.78 is 0. The Bertz CT molecular complexity index is 71.3. The molecule has 0 aromatic rings. The molecular formula is C10H20Cl. The van der Waals surface area contributed by atoms with Crippen molar-refractivity contribution < 1.29 is 0 Å². The summed E-state index contributed by atoms with van der Waals surface area (Å²) in [5.74, 6) is 0. The number of unbranched alkanes of at least 4 members (excludes halogenated alkanes) is 4. The molecule has 0 heterocycles. The fourth-order valence-corrected chi connectivity index (χ4v) is 1.27. The number of rotatable bonds is 7. The second-order valence-electron chi connectivity index (χ2n) is 3.09. The molecule has 11 heavy (non-hydrogen) atoms. The molecule has 0 rings (SSSR count). The van der Waals surface area contributed by atoms with Crippen molar-refractivity contribution in [2.45, 2.75) is 57.2 Å². The van der Waals surface area contributed by atoms with E-state index in [0.29, 0.717) is 5.38 Å². The van der Waals surface area contributed by atoms with E-state index in [1.165, 1.54) is 32.1 Å². The molecule has 0 aliphatic carbocycles. The van der Waals surface area contributed by atoms with Crippen molar-refractivity contribution >= 4 is 11.6 Å². The highest BCUT2D eigenvalue weighted by molar-refractivity contribution is 6.20. The molecule has 0 spiro atoms. The lowest BCUT2D eigenvalue weighted by atomic mass is 10.1. The van der Waals surface area contributed by atoms with E-state index in [2.05, 4.69) is 13.8 Å². The predicted octanol–water partition coefficient (Wildman–Crippen LogP) is 4.18. The molecular weight excluding hydrogens is 156 g/mol. The van der Waals surface area contributed by atoms with Gasteiger partial charge < -0.3 is 0 Å². The molecule has 1 unspecified atom stereocenters. The SMILES string of the molecule is [CH2]CC(Cl)CCCCCCC. The number of alkyl halides is 1. The largest absolute Gasteiger partial charge is 0.123 e. The molecule has 0 aromatic heterocycles. The molecule has 1 heteroatoms. The zero-order chi connectivity index (χ0) is 8.53. The third-order valence-corrected chi connectivity index (χ3v) is 2.37. The second kappa shape index (κ2) is 8.39. The average Bonchev–Trinajstić information content (AvgIpc) is 2.04. The normalized spacial score (nSPS) is 13.4. The van der Waals surface area contributed by atoms with Crippen LogP contribution in [0.5, 0.6) is 0 Å². The first-order chi connectivity index (χ1) is 5.31. The van der Waals surface area contributed by atoms with Crippen LogP contribution in [0, 0.1) is 6.92 Å². The van der Waals surface area contributed by atoms with Crippen LogP contribution < -0.4 is 0 Å². The molecule has 0 amide bonds. The molecule has 67 valence electrons. The van der Waals surface area contributed by atoms with Crippen molar-refractivity contribution in [3.05, 3.63) is 6.92 Å². The number of hydrogen-bond acceptors (Lipinski definition) is 0. The van der Waals surface area contributed by atoms with Crippen LogP contribution >= 0.6 is 11.6 Å². The van der Waals surface area contributed by atoms with Gasteiger partial charge in [0.05, 0.1) is 0 Å². The summed E-state index contributed by atoms with van der Waals surface area (Å²) in [6.45, 7) is 6.01. The highest BCUT2D eigenvalue weighted by Gasteiger charge is 1.99. The predicted molar refractivity (Wildman–Crippen MR) is 53.0 cm³/mol. The van der Waals surface area contributed by atoms with Gasteiger partial charge in [-0.3, -0.25) is 0 Å². The van der Waals surface area contributed by atoms with Gasteiger partial charge in [-0.15, -0.1) is 11.6 Å². The molecule has 0 aliphatic rings. The number of hydrogen-bond donors (Lipinski definition) is 0. The molecule has 0 N–H and O–H groups in total. The van der Waals surface area contributed by atoms with Crippen LogP contribution in [0.3, 0.4) is 0 Å². The van der Waals surface area contributed by atoms with Gasteiger partial charge in [0.2, 0.25) is 0 Å². The summed E-state index contributed by atoms with van der Waals surface area (Å²) in [5, 5.41) is 0.316. The van der Waals surface area contributed by atoms with Crippen molar-refractivity contribution in [1.82, 2.24) is 0 Å². The summed E-state index contributed by atoms with van der Waals surface area (Å²) in [4.78, 5) is 0. The van der Waals surface area contributed by atoms with Gasteiger partial charge in [0.1, 0.15) is 0 Å². The Morgan fingerprint density at radius 2 is 1.82 bits per heavy atom. The highest BCUT2D eigenvalue weighted by Crippen LogP contribution is 2.12. The fraction of sp³-hybridized carbons (Fsp3) is 0.900. The van der Waals surface area contributed by atoms with Crippen LogP contribution in [0.1, 0.15) is 51.9 Å². The first kappa shape index (κ1) is 11.3. The van der Waals surface area contributed by atoms with E-state index < -0.39 is 0 Å². The Balaban J connectivity index is 2.89. The van der Waals surface area contributed by atoms with Crippen LogP contribution in [-0.4, -0.2) is 5.38 Å². The van der Waals surface area contributed by atoms with E-state index in [1.54, 1.807) is 0 Å². The summed E-state index contributed by atoms with van der Waals surface area (Å²) >= 11 is 5.92. The minimum absolute atomic E-state index is 0.316. The van der Waals surface area contributed by atoms with Gasteiger partial charge in [-0.05, 0) is 12.8 Å². The van der Waals surface area contributed by atoms with Gasteiger partial charge in [-0.1, -0.05) is 46.0 Å². The van der Waals surface area contributed by atoms with Gasteiger partial charge >= 0.3 is 0 Å². The van der Waals surface area contributed by atoms with Gasteiger partial charge in [0, 0.05) is 5.38 Å². The Kier molecular flexibility index (Phi) is 8.61. The van der Waals surface area contributed by atoms with Gasteiger partial charge in [0.15, 0.2) is 0 Å². The Hall–Kier alpha value is 0.290. The van der Waals surface area contributed by atoms with Crippen LogP contribution in [0.25, 0.3) is 0 Å². The fourth-order valence-electron chi connectivity index (χ4n) is 1.11. The zero-order valence-corrected chi connectivity index (χ0v) is 8.37. The van der Waals surface area contributed by atoms with Crippen molar-refractivity contribution in [3.63, 3.8) is 0 Å². The lowest BCUT2D eigenvalue weighted by molar-refractivity contribution is 0.595. The molecule has 0 fully saturated rings. The molecule has 0 nitrogen and oxygen atoms in total. The summed E-state index contributed by atoms with van der Waals surface area (Å²) in [6, 6.07) is 0. The Morgan fingerprint density at radius 3 is 2.36 bits per heavy atom. The topological polar surface area (TPSA) is 0 Å². The highest BCUT2D eigenvalue weighted by atomic mass is 35.5. The van der Waals surface area contributed by atoms with Gasteiger partial charge in [-0.25, -0.2) is 0 Å². The third kappa shape index (κ3) is 8.19. The van der Waals surface area contributed by atoms with E-state index in [9.17, 15) is 0 Å². The maximum Gasteiger partial charge on any atom is 0.0336 e. The van der Waals surface area contributed by atoms with E-state index in [-0.39, 0.29) is 0 Å².